The van der Waals surface area contributed by atoms with E-state index in [9.17, 15) is 9.18 Å². The third-order valence-electron chi connectivity index (χ3n) is 3.46. The van der Waals surface area contributed by atoms with Gasteiger partial charge in [0.1, 0.15) is 17.3 Å². The molecule has 1 aliphatic heterocycles. The minimum absolute atomic E-state index is 0.0893. The minimum atomic E-state index is -0.392. The first-order chi connectivity index (χ1) is 10.7. The van der Waals surface area contributed by atoms with E-state index in [1.54, 1.807) is 6.07 Å². The van der Waals surface area contributed by atoms with Crippen LogP contribution in [-0.4, -0.2) is 19.1 Å². The molecule has 0 saturated heterocycles. The molecule has 0 saturated carbocycles. The molecule has 2 aromatic rings. The Labute approximate surface area is 127 Å². The highest BCUT2D eigenvalue weighted by Gasteiger charge is 2.22. The van der Waals surface area contributed by atoms with Gasteiger partial charge in [-0.1, -0.05) is 24.3 Å². The maximum atomic E-state index is 13.0. The van der Waals surface area contributed by atoms with Crippen LogP contribution in [0.1, 0.15) is 18.0 Å². The molecule has 1 atom stereocenters. The van der Waals surface area contributed by atoms with Crippen LogP contribution >= 0.6 is 0 Å². The summed E-state index contributed by atoms with van der Waals surface area (Å²) < 4.78 is 23.9. The van der Waals surface area contributed by atoms with Crippen molar-refractivity contribution in [1.82, 2.24) is 5.32 Å². The van der Waals surface area contributed by atoms with Crippen molar-refractivity contribution >= 4 is 5.91 Å². The predicted octanol–water partition coefficient (Wildman–Crippen LogP) is 2.84. The van der Waals surface area contributed by atoms with Gasteiger partial charge in [0.15, 0.2) is 6.61 Å². The van der Waals surface area contributed by atoms with Gasteiger partial charge in [0.2, 0.25) is 0 Å². The molecule has 1 N–H and O–H groups in total. The van der Waals surface area contributed by atoms with Crippen LogP contribution in [0.5, 0.6) is 11.5 Å². The molecule has 1 heterocycles. The Morgan fingerprint density at radius 3 is 3.00 bits per heavy atom. The fourth-order valence-electron chi connectivity index (χ4n) is 2.43. The van der Waals surface area contributed by atoms with Gasteiger partial charge in [-0.05, 0) is 18.2 Å². The molecule has 0 spiro atoms. The highest BCUT2D eigenvalue weighted by atomic mass is 19.1. The lowest BCUT2D eigenvalue weighted by molar-refractivity contribution is -0.124. The molecule has 1 amide bonds. The number of halogens is 1. The fourth-order valence-corrected chi connectivity index (χ4v) is 2.43. The third-order valence-corrected chi connectivity index (χ3v) is 3.46. The van der Waals surface area contributed by atoms with Crippen LogP contribution in [0, 0.1) is 5.82 Å². The Bertz CT molecular complexity index is 674. The number of amides is 1. The summed E-state index contributed by atoms with van der Waals surface area (Å²) >= 11 is 0. The summed E-state index contributed by atoms with van der Waals surface area (Å²) in [5, 5.41) is 2.92. The number of rotatable bonds is 4. The van der Waals surface area contributed by atoms with Gasteiger partial charge in [0.05, 0.1) is 12.6 Å². The van der Waals surface area contributed by atoms with Crippen molar-refractivity contribution in [2.75, 3.05) is 13.2 Å². The van der Waals surface area contributed by atoms with Gasteiger partial charge < -0.3 is 14.8 Å². The van der Waals surface area contributed by atoms with E-state index in [0.29, 0.717) is 18.8 Å². The number of hydrogen-bond donors (Lipinski definition) is 1. The zero-order chi connectivity index (χ0) is 15.4. The smallest absolute Gasteiger partial charge is 0.258 e. The van der Waals surface area contributed by atoms with E-state index in [0.717, 1.165) is 11.3 Å². The van der Waals surface area contributed by atoms with Crippen LogP contribution in [0.2, 0.25) is 0 Å². The zero-order valence-electron chi connectivity index (χ0n) is 11.9. The van der Waals surface area contributed by atoms with Crippen molar-refractivity contribution in [2.45, 2.75) is 12.5 Å². The number of carbonyl (C=O) groups is 1. The Morgan fingerprint density at radius 2 is 2.14 bits per heavy atom. The second kappa shape index (κ2) is 6.47. The summed E-state index contributed by atoms with van der Waals surface area (Å²) in [4.78, 5) is 12.0. The molecule has 22 heavy (non-hydrogen) atoms. The van der Waals surface area contributed by atoms with Crippen LogP contribution in [0.4, 0.5) is 4.39 Å². The van der Waals surface area contributed by atoms with Gasteiger partial charge in [0.25, 0.3) is 5.91 Å². The van der Waals surface area contributed by atoms with Crippen molar-refractivity contribution in [3.8, 4) is 11.5 Å². The summed E-state index contributed by atoms with van der Waals surface area (Å²) in [6.07, 6.45) is 0.711. The Kier molecular flexibility index (Phi) is 4.23. The molecule has 0 aromatic heterocycles. The standard InChI is InChI=1S/C17H16FNO3/c18-12-4-3-5-13(10-12)22-11-17(20)19-15-8-9-21-16-7-2-1-6-14(15)16/h1-7,10,15H,8-9,11H2,(H,19,20). The van der Waals surface area contributed by atoms with Crippen LogP contribution in [0.25, 0.3) is 0 Å². The van der Waals surface area contributed by atoms with Gasteiger partial charge in [-0.2, -0.15) is 0 Å². The number of ether oxygens (including phenoxy) is 2. The third kappa shape index (κ3) is 3.36. The summed E-state index contributed by atoms with van der Waals surface area (Å²) in [6, 6.07) is 13.3. The SMILES string of the molecule is O=C(COc1cccc(F)c1)NC1CCOc2ccccc21. The monoisotopic (exact) mass is 301 g/mol. The average molecular weight is 301 g/mol. The normalized spacial score (nSPS) is 16.3. The van der Waals surface area contributed by atoms with Gasteiger partial charge >= 0.3 is 0 Å². The minimum Gasteiger partial charge on any atom is -0.493 e. The van der Waals surface area contributed by atoms with E-state index >= 15 is 0 Å². The van der Waals surface area contributed by atoms with Crippen LogP contribution in [-0.2, 0) is 4.79 Å². The lowest BCUT2D eigenvalue weighted by atomic mass is 10.0. The highest BCUT2D eigenvalue weighted by molar-refractivity contribution is 5.78. The van der Waals surface area contributed by atoms with Crippen molar-refractivity contribution in [3.05, 3.63) is 59.9 Å². The first kappa shape index (κ1) is 14.4. The fraction of sp³-hybridized carbons (Fsp3) is 0.235. The summed E-state index contributed by atoms with van der Waals surface area (Å²) in [7, 11) is 0. The maximum Gasteiger partial charge on any atom is 0.258 e. The van der Waals surface area contributed by atoms with E-state index in [1.165, 1.54) is 18.2 Å². The van der Waals surface area contributed by atoms with Crippen LogP contribution in [0.3, 0.4) is 0 Å². The van der Waals surface area contributed by atoms with Crippen molar-refractivity contribution in [1.29, 1.82) is 0 Å². The molecule has 3 rings (SSSR count). The predicted molar refractivity (Wildman–Crippen MR) is 79.3 cm³/mol. The number of carbonyl (C=O) groups excluding carboxylic acids is 1. The second-order valence-electron chi connectivity index (χ2n) is 5.04. The van der Waals surface area contributed by atoms with Gasteiger partial charge in [0, 0.05) is 18.1 Å². The number of fused-ring (bicyclic) bond motifs is 1. The summed E-state index contributed by atoms with van der Waals surface area (Å²) in [6.45, 7) is 0.412. The van der Waals surface area contributed by atoms with Crippen LogP contribution in [0.15, 0.2) is 48.5 Å². The van der Waals surface area contributed by atoms with E-state index in [2.05, 4.69) is 5.32 Å². The van der Waals surface area contributed by atoms with Gasteiger partial charge in [-0.3, -0.25) is 4.79 Å². The van der Waals surface area contributed by atoms with E-state index < -0.39 is 5.82 Å². The number of hydrogen-bond acceptors (Lipinski definition) is 3. The van der Waals surface area contributed by atoms with Gasteiger partial charge in [-0.25, -0.2) is 4.39 Å². The molecule has 0 aliphatic carbocycles. The summed E-state index contributed by atoms with van der Waals surface area (Å²) in [5.74, 6) is 0.495. The lowest BCUT2D eigenvalue weighted by Gasteiger charge is -2.26. The average Bonchev–Trinajstić information content (AvgIpc) is 2.53. The molecule has 1 aliphatic rings. The topological polar surface area (TPSA) is 47.6 Å². The van der Waals surface area contributed by atoms with E-state index in [4.69, 9.17) is 9.47 Å². The number of benzene rings is 2. The second-order valence-corrected chi connectivity index (χ2v) is 5.04. The van der Waals surface area contributed by atoms with E-state index in [-0.39, 0.29) is 18.6 Å². The molecule has 4 nitrogen and oxygen atoms in total. The highest BCUT2D eigenvalue weighted by Crippen LogP contribution is 2.31. The molecular formula is C17H16FNO3. The number of nitrogens with one attached hydrogen (secondary N) is 1. The largest absolute Gasteiger partial charge is 0.493 e. The van der Waals surface area contributed by atoms with E-state index in [1.807, 2.05) is 24.3 Å². The maximum absolute atomic E-state index is 13.0. The Balaban J connectivity index is 1.59. The van der Waals surface area contributed by atoms with Gasteiger partial charge in [-0.15, -0.1) is 0 Å². The molecule has 0 bridgehead atoms. The Morgan fingerprint density at radius 1 is 1.27 bits per heavy atom. The van der Waals surface area contributed by atoms with Crippen molar-refractivity contribution in [2.24, 2.45) is 0 Å². The Hall–Kier alpha value is -2.56. The molecular weight excluding hydrogens is 285 g/mol. The molecule has 5 heteroatoms. The zero-order valence-corrected chi connectivity index (χ0v) is 11.9. The summed E-state index contributed by atoms with van der Waals surface area (Å²) in [5.41, 5.74) is 0.966. The van der Waals surface area contributed by atoms with Crippen LogP contribution < -0.4 is 14.8 Å². The lowest BCUT2D eigenvalue weighted by Crippen LogP contribution is -2.35. The molecule has 0 radical (unpaired) electrons. The molecule has 0 fully saturated rings. The van der Waals surface area contributed by atoms with Crippen molar-refractivity contribution in [3.63, 3.8) is 0 Å². The van der Waals surface area contributed by atoms with Crippen molar-refractivity contribution < 1.29 is 18.7 Å². The first-order valence-corrected chi connectivity index (χ1v) is 7.12. The first-order valence-electron chi connectivity index (χ1n) is 7.12. The quantitative estimate of drug-likeness (QED) is 0.944. The molecule has 114 valence electrons. The molecule has 1 unspecified atom stereocenters. The number of para-hydroxylation sites is 1. The molecule has 2 aromatic carbocycles.